The molecule has 1 unspecified atom stereocenters. The second kappa shape index (κ2) is 9.09. The van der Waals surface area contributed by atoms with E-state index in [-0.39, 0.29) is 17.4 Å². The molecule has 4 heterocycles. The number of nitrogens with one attached hydrogen (secondary N) is 1. The fourth-order valence-corrected chi connectivity index (χ4v) is 6.04. The zero-order valence-electron chi connectivity index (χ0n) is 20.7. The number of likely N-dealkylation sites (N-methyl/N-ethyl adjacent to an activating group) is 1. The molecule has 0 spiro atoms. The third-order valence-electron chi connectivity index (χ3n) is 6.90. The van der Waals surface area contributed by atoms with Crippen LogP contribution in [0.3, 0.4) is 0 Å². The monoisotopic (exact) mass is 494 g/mol. The van der Waals surface area contributed by atoms with Crippen molar-refractivity contribution in [2.45, 2.75) is 38.6 Å². The van der Waals surface area contributed by atoms with E-state index in [9.17, 15) is 4.79 Å². The molecule has 10 heteroatoms. The largest absolute Gasteiger partial charge is 0.493 e. The molecule has 9 nitrogen and oxygen atoms in total. The van der Waals surface area contributed by atoms with E-state index >= 15 is 0 Å². The van der Waals surface area contributed by atoms with Crippen LogP contribution in [0, 0.1) is 5.92 Å². The van der Waals surface area contributed by atoms with E-state index < -0.39 is 0 Å². The van der Waals surface area contributed by atoms with Crippen molar-refractivity contribution in [2.75, 3.05) is 33.2 Å². The van der Waals surface area contributed by atoms with Crippen LogP contribution in [0.1, 0.15) is 30.7 Å². The highest BCUT2D eigenvalue weighted by Gasteiger charge is 2.35. The van der Waals surface area contributed by atoms with Gasteiger partial charge >= 0.3 is 0 Å². The fourth-order valence-electron chi connectivity index (χ4n) is 4.77. The average Bonchev–Trinajstić information content (AvgIpc) is 3.46. The predicted octanol–water partition coefficient (Wildman–Crippen LogP) is 4.08. The van der Waals surface area contributed by atoms with Gasteiger partial charge in [-0.2, -0.15) is 5.10 Å². The molecule has 1 atom stereocenters. The molecule has 1 N–H and O–H groups in total. The number of nitrogens with zero attached hydrogens (tertiary/aromatic N) is 5. The summed E-state index contributed by atoms with van der Waals surface area (Å²) >= 11 is 1.66. The number of ether oxygens (including phenoxy) is 2. The number of aryl methyl sites for hydroxylation is 1. The van der Waals surface area contributed by atoms with Gasteiger partial charge < -0.3 is 19.7 Å². The second-order valence-electron chi connectivity index (χ2n) is 9.57. The van der Waals surface area contributed by atoms with E-state index in [1.807, 2.05) is 44.1 Å². The molecule has 0 fully saturated rings. The summed E-state index contributed by atoms with van der Waals surface area (Å²) in [6, 6.07) is 3.93. The Morgan fingerprint density at radius 3 is 2.94 bits per heavy atom. The minimum atomic E-state index is -0.357. The van der Waals surface area contributed by atoms with Crippen molar-refractivity contribution in [3.63, 3.8) is 0 Å². The molecular formula is C25H30N6O3S. The summed E-state index contributed by atoms with van der Waals surface area (Å²) in [5.41, 5.74) is 2.64. The van der Waals surface area contributed by atoms with Gasteiger partial charge in [0.2, 0.25) is 5.91 Å². The van der Waals surface area contributed by atoms with Gasteiger partial charge in [0.05, 0.1) is 42.0 Å². The number of carbonyl (C=O) groups excluding carboxylic acids is 1. The van der Waals surface area contributed by atoms with Gasteiger partial charge in [-0.15, -0.1) is 11.3 Å². The summed E-state index contributed by atoms with van der Waals surface area (Å²) in [6.45, 7) is 4.56. The van der Waals surface area contributed by atoms with Crippen molar-refractivity contribution in [2.24, 2.45) is 5.92 Å². The lowest BCUT2D eigenvalue weighted by Gasteiger charge is -2.38. The smallest absolute Gasteiger partial charge is 0.226 e. The zero-order chi connectivity index (χ0) is 24.7. The van der Waals surface area contributed by atoms with E-state index in [1.165, 1.54) is 10.4 Å². The summed E-state index contributed by atoms with van der Waals surface area (Å²) in [5, 5.41) is 8.78. The Balaban J connectivity index is 1.45. The fraction of sp³-hybridized carbons (Fsp3) is 0.440. The van der Waals surface area contributed by atoms with Gasteiger partial charge in [0, 0.05) is 31.1 Å². The number of fused-ring (bicyclic) bond motifs is 4. The van der Waals surface area contributed by atoms with Crippen LogP contribution >= 0.6 is 11.3 Å². The maximum Gasteiger partial charge on any atom is 0.226 e. The SMILES string of the molecule is COCC(C)(C)N(C)C(=O)C1CCc2c(sc3ncnc(Nc4cc5ccnn5cc4OC)c23)C1. The molecule has 35 heavy (non-hydrogen) atoms. The number of hydrogen-bond donors (Lipinski definition) is 1. The Kier molecular flexibility index (Phi) is 6.10. The zero-order valence-corrected chi connectivity index (χ0v) is 21.5. The Morgan fingerprint density at radius 2 is 2.17 bits per heavy atom. The summed E-state index contributed by atoms with van der Waals surface area (Å²) in [5.74, 6) is 1.53. The lowest BCUT2D eigenvalue weighted by Crippen LogP contribution is -2.50. The highest BCUT2D eigenvalue weighted by molar-refractivity contribution is 7.19. The Hall–Kier alpha value is -3.24. The van der Waals surface area contributed by atoms with Crippen LogP contribution in [0.2, 0.25) is 0 Å². The number of methoxy groups -OCH3 is 2. The van der Waals surface area contributed by atoms with Crippen molar-refractivity contribution < 1.29 is 14.3 Å². The minimum Gasteiger partial charge on any atom is -0.493 e. The molecule has 1 aliphatic rings. The average molecular weight is 495 g/mol. The summed E-state index contributed by atoms with van der Waals surface area (Å²) in [7, 11) is 5.18. The lowest BCUT2D eigenvalue weighted by atomic mass is 9.86. The van der Waals surface area contributed by atoms with Crippen LogP contribution in [0.5, 0.6) is 5.75 Å². The molecule has 184 valence electrons. The van der Waals surface area contributed by atoms with Crippen LogP contribution in [-0.2, 0) is 22.4 Å². The van der Waals surface area contributed by atoms with Gasteiger partial charge in [0.25, 0.3) is 0 Å². The first-order valence-electron chi connectivity index (χ1n) is 11.6. The molecular weight excluding hydrogens is 464 g/mol. The highest BCUT2D eigenvalue weighted by atomic mass is 32.1. The molecule has 0 bridgehead atoms. The van der Waals surface area contributed by atoms with Crippen molar-refractivity contribution >= 4 is 44.5 Å². The maximum absolute atomic E-state index is 13.3. The lowest BCUT2D eigenvalue weighted by molar-refractivity contribution is -0.141. The third-order valence-corrected chi connectivity index (χ3v) is 8.06. The van der Waals surface area contributed by atoms with Gasteiger partial charge in [-0.25, -0.2) is 14.5 Å². The quantitative estimate of drug-likeness (QED) is 0.414. The van der Waals surface area contributed by atoms with Crippen molar-refractivity contribution in [3.05, 3.63) is 41.3 Å². The molecule has 4 aromatic heterocycles. The standard InChI is InChI=1S/C25H30N6O3S/c1-25(2,13-33-4)30(3)24(32)15-6-7-17-20(10-15)35-23-21(17)22(26-14-27-23)29-18-11-16-8-9-28-31(16)12-19(18)34-5/h8-9,11-12,14-15H,6-7,10,13H2,1-5H3,(H,26,27,29). The number of rotatable bonds is 7. The number of amides is 1. The van der Waals surface area contributed by atoms with Gasteiger partial charge in [0.15, 0.2) is 5.75 Å². The number of carbonyl (C=O) groups is 1. The molecule has 1 amide bonds. The highest BCUT2D eigenvalue weighted by Crippen LogP contribution is 2.41. The topological polar surface area (TPSA) is 93.9 Å². The van der Waals surface area contributed by atoms with Crippen LogP contribution in [0.4, 0.5) is 11.5 Å². The first kappa shape index (κ1) is 23.5. The third kappa shape index (κ3) is 4.21. The minimum absolute atomic E-state index is 0.0505. The molecule has 0 aliphatic heterocycles. The van der Waals surface area contributed by atoms with Crippen molar-refractivity contribution in [1.82, 2.24) is 24.5 Å². The molecule has 0 saturated carbocycles. The molecule has 5 rings (SSSR count). The van der Waals surface area contributed by atoms with E-state index in [2.05, 4.69) is 20.4 Å². The number of aromatic nitrogens is 4. The van der Waals surface area contributed by atoms with E-state index in [0.29, 0.717) is 18.8 Å². The van der Waals surface area contributed by atoms with Crippen LogP contribution in [0.25, 0.3) is 15.7 Å². The number of thiophene rings is 1. The Morgan fingerprint density at radius 1 is 1.34 bits per heavy atom. The Bertz CT molecular complexity index is 1390. The molecule has 0 aromatic carbocycles. The van der Waals surface area contributed by atoms with Gasteiger partial charge in [0.1, 0.15) is 17.0 Å². The predicted molar refractivity (Wildman–Crippen MR) is 137 cm³/mol. The van der Waals surface area contributed by atoms with Crippen molar-refractivity contribution in [1.29, 1.82) is 0 Å². The normalized spacial score (nSPS) is 15.9. The van der Waals surface area contributed by atoms with E-state index in [4.69, 9.17) is 9.47 Å². The Labute approximate surface area is 208 Å². The summed E-state index contributed by atoms with van der Waals surface area (Å²) in [4.78, 5) is 26.4. The first-order valence-corrected chi connectivity index (χ1v) is 12.4. The summed E-state index contributed by atoms with van der Waals surface area (Å²) < 4.78 is 12.7. The van der Waals surface area contributed by atoms with Gasteiger partial charge in [-0.05, 0) is 50.8 Å². The first-order chi connectivity index (χ1) is 16.8. The van der Waals surface area contributed by atoms with Crippen molar-refractivity contribution in [3.8, 4) is 5.75 Å². The second-order valence-corrected chi connectivity index (χ2v) is 10.7. The van der Waals surface area contributed by atoms with Gasteiger partial charge in [-0.3, -0.25) is 4.79 Å². The molecule has 1 aliphatic carbocycles. The number of anilines is 2. The maximum atomic E-state index is 13.3. The number of pyridine rings is 1. The van der Waals surface area contributed by atoms with Crippen LogP contribution in [0.15, 0.2) is 30.9 Å². The van der Waals surface area contributed by atoms with Crippen LogP contribution in [-0.4, -0.2) is 63.8 Å². The molecule has 0 saturated heterocycles. The molecule has 4 aromatic rings. The molecule has 0 radical (unpaired) electrons. The number of hydrogen-bond acceptors (Lipinski definition) is 8. The van der Waals surface area contributed by atoms with Gasteiger partial charge in [-0.1, -0.05) is 0 Å². The summed E-state index contributed by atoms with van der Waals surface area (Å²) in [6.07, 6.45) is 7.50. The van der Waals surface area contributed by atoms with Crippen LogP contribution < -0.4 is 10.1 Å². The van der Waals surface area contributed by atoms with E-state index in [1.54, 1.807) is 42.6 Å². The van der Waals surface area contributed by atoms with E-state index in [0.717, 1.165) is 40.1 Å².